The van der Waals surface area contributed by atoms with Crippen LogP contribution in [0.3, 0.4) is 0 Å². The summed E-state index contributed by atoms with van der Waals surface area (Å²) in [4.78, 5) is 23.3. The number of benzene rings is 1. The SMILES string of the molecule is O=C([O-])[C@H]1CCCC[C@H]1C(=O)NCc1ccc(Cl)c(Cl)c1. The van der Waals surface area contributed by atoms with Crippen LogP contribution in [0.1, 0.15) is 31.2 Å². The first-order valence-corrected chi connectivity index (χ1v) is 7.67. The monoisotopic (exact) mass is 328 g/mol. The van der Waals surface area contributed by atoms with E-state index in [0.29, 0.717) is 29.4 Å². The molecular formula is C15H16Cl2NO3-. The van der Waals surface area contributed by atoms with Gasteiger partial charge in [0.1, 0.15) is 0 Å². The maximum absolute atomic E-state index is 12.2. The first kappa shape index (κ1) is 16.1. The Balaban J connectivity index is 1.96. The van der Waals surface area contributed by atoms with Crippen LogP contribution in [0.5, 0.6) is 0 Å². The van der Waals surface area contributed by atoms with Gasteiger partial charge >= 0.3 is 0 Å². The van der Waals surface area contributed by atoms with Crippen LogP contribution in [-0.4, -0.2) is 11.9 Å². The largest absolute Gasteiger partial charge is 0.550 e. The zero-order chi connectivity index (χ0) is 15.4. The lowest BCUT2D eigenvalue weighted by Crippen LogP contribution is -2.44. The van der Waals surface area contributed by atoms with Crippen LogP contribution in [-0.2, 0) is 16.1 Å². The van der Waals surface area contributed by atoms with Gasteiger partial charge in [0.15, 0.2) is 0 Å². The Kier molecular flexibility index (Phi) is 5.48. The number of carboxylic acid groups (broad SMARTS) is 1. The maximum Gasteiger partial charge on any atom is 0.224 e. The molecule has 0 saturated heterocycles. The Bertz CT molecular complexity index is 548. The van der Waals surface area contributed by atoms with E-state index in [4.69, 9.17) is 23.2 Å². The van der Waals surface area contributed by atoms with Crippen molar-refractivity contribution in [3.63, 3.8) is 0 Å². The lowest BCUT2D eigenvalue weighted by atomic mass is 9.78. The van der Waals surface area contributed by atoms with E-state index in [2.05, 4.69) is 5.32 Å². The number of halogens is 2. The van der Waals surface area contributed by atoms with Crippen LogP contribution in [0.4, 0.5) is 0 Å². The van der Waals surface area contributed by atoms with Gasteiger partial charge in [0, 0.05) is 24.3 Å². The summed E-state index contributed by atoms with van der Waals surface area (Å²) in [6.45, 7) is 0.298. The normalized spacial score (nSPS) is 21.8. The molecule has 1 N–H and O–H groups in total. The molecule has 1 aromatic carbocycles. The number of carboxylic acids is 1. The topological polar surface area (TPSA) is 69.2 Å². The molecule has 4 nitrogen and oxygen atoms in total. The van der Waals surface area contributed by atoms with Crippen molar-refractivity contribution in [1.29, 1.82) is 0 Å². The zero-order valence-corrected chi connectivity index (χ0v) is 12.9. The highest BCUT2D eigenvalue weighted by Gasteiger charge is 2.31. The summed E-state index contributed by atoms with van der Waals surface area (Å²) in [5, 5.41) is 14.8. The van der Waals surface area contributed by atoms with Gasteiger partial charge in [-0.15, -0.1) is 0 Å². The third-order valence-corrected chi connectivity index (χ3v) is 4.60. The molecular weight excluding hydrogens is 313 g/mol. The smallest absolute Gasteiger partial charge is 0.224 e. The number of hydrogen-bond donors (Lipinski definition) is 1. The van der Waals surface area contributed by atoms with Crippen LogP contribution in [0.25, 0.3) is 0 Å². The van der Waals surface area contributed by atoms with Crippen molar-refractivity contribution in [2.75, 3.05) is 0 Å². The van der Waals surface area contributed by atoms with Crippen molar-refractivity contribution in [3.05, 3.63) is 33.8 Å². The molecule has 0 aromatic heterocycles. The molecule has 0 bridgehead atoms. The molecule has 0 aliphatic heterocycles. The number of hydrogen-bond acceptors (Lipinski definition) is 3. The van der Waals surface area contributed by atoms with E-state index in [0.717, 1.165) is 18.4 Å². The minimum Gasteiger partial charge on any atom is -0.550 e. The molecule has 1 fully saturated rings. The second kappa shape index (κ2) is 7.14. The second-order valence-electron chi connectivity index (χ2n) is 5.28. The van der Waals surface area contributed by atoms with Crippen LogP contribution in [0.2, 0.25) is 10.0 Å². The summed E-state index contributed by atoms with van der Waals surface area (Å²) in [7, 11) is 0. The highest BCUT2D eigenvalue weighted by Crippen LogP contribution is 2.30. The van der Waals surface area contributed by atoms with Gasteiger partial charge in [-0.3, -0.25) is 4.79 Å². The predicted octanol–water partition coefficient (Wildman–Crippen LogP) is 2.17. The van der Waals surface area contributed by atoms with Gasteiger partial charge in [0.2, 0.25) is 5.91 Å². The van der Waals surface area contributed by atoms with E-state index in [-0.39, 0.29) is 5.91 Å². The molecule has 1 aliphatic carbocycles. The lowest BCUT2D eigenvalue weighted by molar-refractivity contribution is -0.314. The van der Waals surface area contributed by atoms with Crippen LogP contribution in [0.15, 0.2) is 18.2 Å². The minimum absolute atomic E-state index is 0.241. The van der Waals surface area contributed by atoms with E-state index in [1.165, 1.54) is 0 Å². The first-order chi connectivity index (χ1) is 9.99. The number of nitrogens with one attached hydrogen (secondary N) is 1. The van der Waals surface area contributed by atoms with Crippen LogP contribution in [0, 0.1) is 11.8 Å². The molecule has 0 unspecified atom stereocenters. The van der Waals surface area contributed by atoms with Crippen LogP contribution < -0.4 is 10.4 Å². The third kappa shape index (κ3) is 4.11. The van der Waals surface area contributed by atoms with Crippen molar-refractivity contribution in [2.45, 2.75) is 32.2 Å². The molecule has 0 heterocycles. The summed E-state index contributed by atoms with van der Waals surface area (Å²) in [5.41, 5.74) is 0.818. The fourth-order valence-corrected chi connectivity index (χ4v) is 3.02. The van der Waals surface area contributed by atoms with Gasteiger partial charge in [-0.25, -0.2) is 0 Å². The fourth-order valence-electron chi connectivity index (χ4n) is 2.70. The Labute approximate surface area is 133 Å². The summed E-state index contributed by atoms with van der Waals surface area (Å²) >= 11 is 11.7. The number of aliphatic carboxylic acids is 1. The standard InChI is InChI=1S/C15H17Cl2NO3/c16-12-6-5-9(7-13(12)17)8-18-14(19)10-3-1-2-4-11(10)15(20)21/h5-7,10-11H,1-4,8H2,(H,18,19)(H,20,21)/p-1/t10-,11+/m1/s1. The third-order valence-electron chi connectivity index (χ3n) is 3.86. The van der Waals surface area contributed by atoms with Crippen LogP contribution >= 0.6 is 23.2 Å². The molecule has 0 radical (unpaired) electrons. The maximum atomic E-state index is 12.2. The van der Waals surface area contributed by atoms with Gasteiger partial charge in [-0.1, -0.05) is 42.1 Å². The molecule has 1 aliphatic rings. The van der Waals surface area contributed by atoms with E-state index in [9.17, 15) is 14.7 Å². The average Bonchev–Trinajstić information content (AvgIpc) is 2.48. The average molecular weight is 329 g/mol. The Hall–Kier alpha value is -1.26. The van der Waals surface area contributed by atoms with Crippen molar-refractivity contribution < 1.29 is 14.7 Å². The highest BCUT2D eigenvalue weighted by molar-refractivity contribution is 6.42. The summed E-state index contributed by atoms with van der Waals surface area (Å²) in [6.07, 6.45) is 2.79. The second-order valence-corrected chi connectivity index (χ2v) is 6.10. The Morgan fingerprint density at radius 2 is 1.81 bits per heavy atom. The summed E-state index contributed by atoms with van der Waals surface area (Å²) < 4.78 is 0. The Morgan fingerprint density at radius 1 is 1.14 bits per heavy atom. The molecule has 1 amide bonds. The molecule has 2 rings (SSSR count). The zero-order valence-electron chi connectivity index (χ0n) is 11.4. The van der Waals surface area contributed by atoms with Crippen molar-refractivity contribution in [1.82, 2.24) is 5.32 Å². The van der Waals surface area contributed by atoms with Gasteiger partial charge in [0.25, 0.3) is 0 Å². The number of carbonyl (C=O) groups excluding carboxylic acids is 2. The molecule has 21 heavy (non-hydrogen) atoms. The van der Waals surface area contributed by atoms with Gasteiger partial charge in [0.05, 0.1) is 10.0 Å². The number of rotatable bonds is 4. The molecule has 1 saturated carbocycles. The lowest BCUT2D eigenvalue weighted by Gasteiger charge is -2.31. The molecule has 2 atom stereocenters. The van der Waals surface area contributed by atoms with Gasteiger partial charge < -0.3 is 15.2 Å². The van der Waals surface area contributed by atoms with Gasteiger partial charge in [-0.05, 0) is 30.5 Å². The van der Waals surface area contributed by atoms with Crippen molar-refractivity contribution in [3.8, 4) is 0 Å². The van der Waals surface area contributed by atoms with Gasteiger partial charge in [-0.2, -0.15) is 0 Å². The summed E-state index contributed by atoms with van der Waals surface area (Å²) in [6, 6.07) is 5.11. The molecule has 6 heteroatoms. The Morgan fingerprint density at radius 3 is 2.43 bits per heavy atom. The van der Waals surface area contributed by atoms with E-state index >= 15 is 0 Å². The first-order valence-electron chi connectivity index (χ1n) is 6.91. The van der Waals surface area contributed by atoms with Crippen molar-refractivity contribution in [2.24, 2.45) is 11.8 Å². The molecule has 1 aromatic rings. The quantitative estimate of drug-likeness (QED) is 0.920. The fraction of sp³-hybridized carbons (Fsp3) is 0.467. The number of carbonyl (C=O) groups is 2. The number of amides is 1. The van der Waals surface area contributed by atoms with Crippen molar-refractivity contribution >= 4 is 35.1 Å². The van der Waals surface area contributed by atoms with E-state index in [1.54, 1.807) is 18.2 Å². The highest BCUT2D eigenvalue weighted by atomic mass is 35.5. The predicted molar refractivity (Wildman–Crippen MR) is 78.8 cm³/mol. The van der Waals surface area contributed by atoms with E-state index in [1.807, 2.05) is 0 Å². The molecule has 114 valence electrons. The summed E-state index contributed by atoms with van der Waals surface area (Å²) in [5.74, 6) is -2.57. The minimum atomic E-state index is -1.13. The molecule has 0 spiro atoms. The van der Waals surface area contributed by atoms with E-state index < -0.39 is 17.8 Å².